The molecule has 6 rings (SSSR count). The topological polar surface area (TPSA) is 248 Å². The second kappa shape index (κ2) is 21.6. The fourth-order valence-corrected chi connectivity index (χ4v) is 5.45. The third-order valence-corrected chi connectivity index (χ3v) is 8.18. The van der Waals surface area contributed by atoms with Gasteiger partial charge in [-0.05, 0) is 80.1 Å². The van der Waals surface area contributed by atoms with E-state index in [4.69, 9.17) is 44.2 Å². The van der Waals surface area contributed by atoms with E-state index in [0.717, 1.165) is 51.7 Å². The van der Waals surface area contributed by atoms with Crippen molar-refractivity contribution in [1.29, 1.82) is 0 Å². The molecule has 6 aliphatic rings. The molecule has 6 aliphatic heterocycles. The van der Waals surface area contributed by atoms with Crippen molar-refractivity contribution in [3.8, 4) is 0 Å². The van der Waals surface area contributed by atoms with Gasteiger partial charge in [0.2, 0.25) is 0 Å². The lowest BCUT2D eigenvalue weighted by molar-refractivity contribution is -0.182. The number of carbonyl (C=O) groups excluding carboxylic acids is 5. The van der Waals surface area contributed by atoms with Gasteiger partial charge in [0.1, 0.15) is 42.5 Å². The van der Waals surface area contributed by atoms with Crippen molar-refractivity contribution in [1.82, 2.24) is 26.2 Å². The minimum absolute atomic E-state index is 0.0293. The number of nitrogens with one attached hydrogen (secondary N) is 3. The van der Waals surface area contributed by atoms with E-state index in [2.05, 4.69) is 21.0 Å². The summed E-state index contributed by atoms with van der Waals surface area (Å²) in [5.41, 5.74) is 6.50. The average Bonchev–Trinajstić information content (AvgIpc) is 3.79. The van der Waals surface area contributed by atoms with Gasteiger partial charge < -0.3 is 45.2 Å². The lowest BCUT2D eigenvalue weighted by Crippen LogP contribution is -2.47. The summed E-state index contributed by atoms with van der Waals surface area (Å²) in [6, 6.07) is -1.61. The summed E-state index contributed by atoms with van der Waals surface area (Å²) in [5.74, 6) is -0.675. The zero-order chi connectivity index (χ0) is 39.9. The zero-order valence-corrected chi connectivity index (χ0v) is 32.3. The molecule has 0 bridgehead atoms. The number of hydrogen-bond acceptors (Lipinski definition) is 15. The molecular weight excluding hydrogens is 716 g/mol. The Bertz CT molecular complexity index is 1210. The maximum atomic E-state index is 12.2. The van der Waals surface area contributed by atoms with E-state index in [-0.39, 0.29) is 49.1 Å². The Morgan fingerprint density at radius 3 is 1.48 bits per heavy atom. The minimum Gasteiger partial charge on any atom is -0.444 e. The highest BCUT2D eigenvalue weighted by Gasteiger charge is 2.40. The van der Waals surface area contributed by atoms with E-state index in [1.165, 1.54) is 10.1 Å². The average molecular weight is 777 g/mol. The molecule has 310 valence electrons. The van der Waals surface area contributed by atoms with Gasteiger partial charge in [-0.15, -0.1) is 0 Å². The predicted molar refractivity (Wildman–Crippen MR) is 188 cm³/mol. The number of nitrogens with two attached hydrogens (primary N) is 1. The van der Waals surface area contributed by atoms with Crippen LogP contribution < -0.4 is 21.8 Å². The molecule has 6 heterocycles. The van der Waals surface area contributed by atoms with Crippen LogP contribution in [0, 0.1) is 0 Å². The van der Waals surface area contributed by atoms with Crippen LogP contribution in [0.25, 0.3) is 0 Å². The second-order valence-corrected chi connectivity index (χ2v) is 15.2. The van der Waals surface area contributed by atoms with Crippen molar-refractivity contribution in [2.45, 2.75) is 128 Å². The summed E-state index contributed by atoms with van der Waals surface area (Å²) in [5, 5.41) is 16.6. The van der Waals surface area contributed by atoms with Gasteiger partial charge in [-0.1, -0.05) is 0 Å². The van der Waals surface area contributed by atoms with Crippen molar-refractivity contribution in [3.05, 3.63) is 0 Å². The molecule has 0 unspecified atom stereocenters. The van der Waals surface area contributed by atoms with Crippen LogP contribution in [-0.2, 0) is 52.6 Å². The third kappa shape index (κ3) is 16.2. The molecule has 6 saturated heterocycles. The number of hydrogen-bond donors (Lipinski definition) is 5. The van der Waals surface area contributed by atoms with Crippen molar-refractivity contribution < 1.29 is 67.3 Å². The maximum Gasteiger partial charge on any atom is 0.408 e. The molecule has 6 fully saturated rings. The normalized spacial score (nSPS) is 25.6. The summed E-state index contributed by atoms with van der Waals surface area (Å²) >= 11 is 0. The standard InChI is InChI=1S/C13H22N2O5.C8H14N2O4.C8H14N2O3.C5H10O2/c1-13(2,3)20-12(17)14-10-8-19-15(11(10)16)9-4-6-18-7-5-9;1-8(2,3)14-7(12)9-5-4-13-10-6(5)11;9-7-5-13-10(8(7)11)6-1-3-12-4-2-6;6-5-1-3-7-4-2-5/h9-10H,4-8H2,1-3H3,(H,14,17);5H,4H2,1-3H3,(H,9,12)(H,10,11);6-7H,1-5,9H2;5-6H,1-4H2/t10-;5-;7-;/m111./s1. The van der Waals surface area contributed by atoms with Crippen LogP contribution in [0.3, 0.4) is 0 Å². The van der Waals surface area contributed by atoms with E-state index in [0.29, 0.717) is 33.0 Å². The highest BCUT2D eigenvalue weighted by molar-refractivity contribution is 5.87. The number of amides is 5. The Labute approximate surface area is 316 Å². The summed E-state index contributed by atoms with van der Waals surface area (Å²) in [4.78, 5) is 72.7. The Morgan fingerprint density at radius 2 is 1.11 bits per heavy atom. The Kier molecular flexibility index (Phi) is 18.1. The Hall–Kier alpha value is -3.37. The number of ether oxygens (including phenoxy) is 5. The molecule has 6 N–H and O–H groups in total. The van der Waals surface area contributed by atoms with E-state index in [1.54, 1.807) is 41.5 Å². The first-order valence-corrected chi connectivity index (χ1v) is 18.4. The van der Waals surface area contributed by atoms with Crippen LogP contribution in [0.15, 0.2) is 0 Å². The van der Waals surface area contributed by atoms with E-state index in [9.17, 15) is 24.0 Å². The smallest absolute Gasteiger partial charge is 0.408 e. The largest absolute Gasteiger partial charge is 0.444 e. The molecular formula is C34H60N6O14. The predicted octanol–water partition coefficient (Wildman–Crippen LogP) is 0.198. The van der Waals surface area contributed by atoms with Crippen LogP contribution in [0.2, 0.25) is 0 Å². The van der Waals surface area contributed by atoms with Crippen LogP contribution in [0.4, 0.5) is 9.59 Å². The molecule has 0 aliphatic carbocycles. The molecule has 0 aromatic rings. The molecule has 20 heteroatoms. The van der Waals surface area contributed by atoms with Gasteiger partial charge in [-0.3, -0.25) is 28.9 Å². The first-order chi connectivity index (χ1) is 25.4. The number of carbonyl (C=O) groups is 5. The molecule has 0 radical (unpaired) electrons. The quantitative estimate of drug-likeness (QED) is 0.256. The fraction of sp³-hybridized carbons (Fsp3) is 0.853. The van der Waals surface area contributed by atoms with Crippen LogP contribution in [0.5, 0.6) is 0 Å². The third-order valence-electron chi connectivity index (χ3n) is 8.18. The lowest BCUT2D eigenvalue weighted by Gasteiger charge is -2.29. The zero-order valence-electron chi connectivity index (χ0n) is 32.3. The van der Waals surface area contributed by atoms with Crippen molar-refractivity contribution in [2.75, 3.05) is 59.5 Å². The number of aliphatic hydroxyl groups excluding tert-OH is 1. The van der Waals surface area contributed by atoms with Gasteiger partial charge in [-0.2, -0.15) is 0 Å². The van der Waals surface area contributed by atoms with Crippen molar-refractivity contribution >= 4 is 29.9 Å². The number of hydroxylamine groups is 5. The Morgan fingerprint density at radius 1 is 0.685 bits per heavy atom. The number of nitrogens with zero attached hydrogens (tertiary/aromatic N) is 2. The van der Waals surface area contributed by atoms with Gasteiger partial charge in [0, 0.05) is 39.6 Å². The van der Waals surface area contributed by atoms with Crippen molar-refractivity contribution in [3.63, 3.8) is 0 Å². The molecule has 0 aromatic heterocycles. The van der Waals surface area contributed by atoms with Gasteiger partial charge >= 0.3 is 12.2 Å². The number of aliphatic hydroxyl groups is 1. The number of alkyl carbamates (subject to hydrolysis) is 2. The maximum absolute atomic E-state index is 12.2. The summed E-state index contributed by atoms with van der Waals surface area (Å²) in [6.45, 7) is 15.3. The number of rotatable bonds is 4. The Balaban J connectivity index is 0.000000204. The van der Waals surface area contributed by atoms with Gasteiger partial charge in [0.15, 0.2) is 0 Å². The first-order valence-electron chi connectivity index (χ1n) is 18.4. The summed E-state index contributed by atoms with van der Waals surface area (Å²) in [6.07, 6.45) is 3.53. The van der Waals surface area contributed by atoms with E-state index < -0.39 is 41.5 Å². The van der Waals surface area contributed by atoms with Crippen LogP contribution in [0.1, 0.15) is 80.1 Å². The van der Waals surface area contributed by atoms with Gasteiger partial charge in [0.05, 0.1) is 24.8 Å². The van der Waals surface area contributed by atoms with Crippen LogP contribution in [-0.4, -0.2) is 152 Å². The molecule has 54 heavy (non-hydrogen) atoms. The van der Waals surface area contributed by atoms with Gasteiger partial charge in [0.25, 0.3) is 17.7 Å². The van der Waals surface area contributed by atoms with E-state index >= 15 is 0 Å². The first kappa shape index (κ1) is 45.0. The SMILES string of the molecule is CC(C)(C)OC(=O)N[C@@H]1CON(C2CCOCC2)C1=O.CC(C)(C)OC(=O)N[C@@H]1CONC1=O.N[C@@H]1CON(C2CCOCC2)C1=O.OC1CCOCC1. The molecule has 0 aromatic carbocycles. The molecule has 0 saturated carbocycles. The van der Waals surface area contributed by atoms with Crippen molar-refractivity contribution in [2.24, 2.45) is 5.73 Å². The van der Waals surface area contributed by atoms with Crippen LogP contribution >= 0.6 is 0 Å². The van der Waals surface area contributed by atoms with E-state index in [1.807, 2.05) is 0 Å². The second-order valence-electron chi connectivity index (χ2n) is 15.2. The molecule has 0 spiro atoms. The fourth-order valence-electron chi connectivity index (χ4n) is 5.45. The van der Waals surface area contributed by atoms with Gasteiger partial charge in [-0.25, -0.2) is 25.2 Å². The minimum atomic E-state index is -0.673. The molecule has 3 atom stereocenters. The summed E-state index contributed by atoms with van der Waals surface area (Å²) in [7, 11) is 0. The summed E-state index contributed by atoms with van der Waals surface area (Å²) < 4.78 is 25.5. The monoisotopic (exact) mass is 776 g/mol. The molecule has 5 amide bonds. The highest BCUT2D eigenvalue weighted by Crippen LogP contribution is 2.21. The lowest BCUT2D eigenvalue weighted by atomic mass is 10.1. The highest BCUT2D eigenvalue weighted by atomic mass is 16.7. The molecule has 20 nitrogen and oxygen atoms in total.